The van der Waals surface area contributed by atoms with E-state index in [9.17, 15) is 4.39 Å². The lowest BCUT2D eigenvalue weighted by Crippen LogP contribution is -2.39. The molecule has 0 aromatic heterocycles. The molecule has 1 aromatic carbocycles. The van der Waals surface area contributed by atoms with Crippen molar-refractivity contribution in [2.24, 2.45) is 5.92 Å². The molecule has 1 saturated heterocycles. The molecule has 0 radical (unpaired) electrons. The van der Waals surface area contributed by atoms with Crippen LogP contribution in [0.3, 0.4) is 0 Å². The van der Waals surface area contributed by atoms with Crippen molar-refractivity contribution in [1.29, 1.82) is 0 Å². The van der Waals surface area contributed by atoms with Crippen LogP contribution in [-0.4, -0.2) is 19.1 Å². The van der Waals surface area contributed by atoms with Gasteiger partial charge in [0.1, 0.15) is 5.82 Å². The number of rotatable bonds is 6. The van der Waals surface area contributed by atoms with E-state index in [0.29, 0.717) is 12.0 Å². The van der Waals surface area contributed by atoms with Crippen LogP contribution in [0.15, 0.2) is 18.2 Å². The molecule has 2 nitrogen and oxygen atoms in total. The average molecular weight is 292 g/mol. The minimum Gasteiger partial charge on any atom is -0.366 e. The summed E-state index contributed by atoms with van der Waals surface area (Å²) in [4.78, 5) is 2.27. The summed E-state index contributed by atoms with van der Waals surface area (Å²) in [6, 6.07) is 6.23. The molecule has 118 valence electrons. The van der Waals surface area contributed by atoms with Crippen LogP contribution in [0.4, 0.5) is 10.1 Å². The first kappa shape index (κ1) is 16.3. The summed E-state index contributed by atoms with van der Waals surface area (Å²) < 4.78 is 14.5. The minimum atomic E-state index is -0.0702. The largest absolute Gasteiger partial charge is 0.366 e. The molecule has 21 heavy (non-hydrogen) atoms. The number of hydrogen-bond donors (Lipinski definition) is 1. The van der Waals surface area contributed by atoms with Crippen LogP contribution in [0.1, 0.15) is 52.0 Å². The van der Waals surface area contributed by atoms with Gasteiger partial charge in [-0.15, -0.1) is 0 Å². The lowest BCUT2D eigenvalue weighted by Gasteiger charge is -2.37. The Bertz CT molecular complexity index is 445. The zero-order chi connectivity index (χ0) is 15.2. The van der Waals surface area contributed by atoms with Crippen LogP contribution in [0.5, 0.6) is 0 Å². The highest BCUT2D eigenvalue weighted by molar-refractivity contribution is 5.50. The van der Waals surface area contributed by atoms with Gasteiger partial charge in [-0.05, 0) is 55.8 Å². The molecule has 1 atom stereocenters. The van der Waals surface area contributed by atoms with Gasteiger partial charge in [0, 0.05) is 19.1 Å². The van der Waals surface area contributed by atoms with Crippen LogP contribution >= 0.6 is 0 Å². The number of nitrogens with one attached hydrogen (secondary N) is 1. The summed E-state index contributed by atoms with van der Waals surface area (Å²) in [7, 11) is 0. The Morgan fingerprint density at radius 3 is 2.81 bits per heavy atom. The summed E-state index contributed by atoms with van der Waals surface area (Å²) in [5.41, 5.74) is 1.82. The van der Waals surface area contributed by atoms with Crippen molar-refractivity contribution in [3.63, 3.8) is 0 Å². The number of nitrogens with zero attached hydrogens (tertiary/aromatic N) is 1. The summed E-state index contributed by atoms with van der Waals surface area (Å²) in [6.07, 6.45) is 4.73. The molecule has 1 N–H and O–H groups in total. The number of anilines is 1. The molecular formula is C18H29FN2. The highest BCUT2D eigenvalue weighted by atomic mass is 19.1. The highest BCUT2D eigenvalue weighted by Crippen LogP contribution is 2.29. The first-order valence-corrected chi connectivity index (χ1v) is 8.37. The second-order valence-corrected chi connectivity index (χ2v) is 6.56. The monoisotopic (exact) mass is 292 g/mol. The second kappa shape index (κ2) is 7.79. The molecule has 0 amide bonds. The normalized spacial score (nSPS) is 19.3. The maximum absolute atomic E-state index is 14.5. The van der Waals surface area contributed by atoms with E-state index in [4.69, 9.17) is 0 Å². The van der Waals surface area contributed by atoms with E-state index in [2.05, 4.69) is 37.1 Å². The van der Waals surface area contributed by atoms with Crippen LogP contribution in [0.2, 0.25) is 0 Å². The van der Waals surface area contributed by atoms with Gasteiger partial charge in [0.2, 0.25) is 0 Å². The fourth-order valence-corrected chi connectivity index (χ4v) is 3.14. The zero-order valence-corrected chi connectivity index (χ0v) is 13.7. The van der Waals surface area contributed by atoms with Gasteiger partial charge in [-0.1, -0.05) is 26.8 Å². The van der Waals surface area contributed by atoms with E-state index >= 15 is 0 Å². The zero-order valence-electron chi connectivity index (χ0n) is 13.7. The Labute approximate surface area is 128 Å². The average Bonchev–Trinajstić information content (AvgIpc) is 2.47. The Kier molecular flexibility index (Phi) is 6.04. The van der Waals surface area contributed by atoms with Crippen molar-refractivity contribution in [3.05, 3.63) is 29.6 Å². The fourth-order valence-electron chi connectivity index (χ4n) is 3.14. The van der Waals surface area contributed by atoms with Crippen LogP contribution in [-0.2, 0) is 6.54 Å². The van der Waals surface area contributed by atoms with Crippen molar-refractivity contribution in [1.82, 2.24) is 5.32 Å². The van der Waals surface area contributed by atoms with E-state index in [-0.39, 0.29) is 5.82 Å². The number of hydrogen-bond acceptors (Lipinski definition) is 2. The van der Waals surface area contributed by atoms with E-state index in [1.54, 1.807) is 6.07 Å². The highest BCUT2D eigenvalue weighted by Gasteiger charge is 2.23. The molecule has 0 aliphatic carbocycles. The van der Waals surface area contributed by atoms with Crippen molar-refractivity contribution < 1.29 is 4.39 Å². The second-order valence-electron chi connectivity index (χ2n) is 6.56. The van der Waals surface area contributed by atoms with Gasteiger partial charge in [0.15, 0.2) is 0 Å². The molecule has 0 bridgehead atoms. The van der Waals surface area contributed by atoms with Crippen molar-refractivity contribution in [2.75, 3.05) is 18.0 Å². The van der Waals surface area contributed by atoms with Gasteiger partial charge in [-0.25, -0.2) is 4.39 Å². The molecule has 1 aliphatic rings. The van der Waals surface area contributed by atoms with Crippen molar-refractivity contribution in [2.45, 2.75) is 59.0 Å². The van der Waals surface area contributed by atoms with Gasteiger partial charge in [-0.3, -0.25) is 0 Å². The number of benzene rings is 1. The SMILES string of the molecule is CCC1CCCCN1c1ccc(CNCC(C)C)cc1F. The standard InChI is InChI=1S/C18H29FN2/c1-4-16-7-5-6-10-21(16)18-9-8-15(11-17(18)19)13-20-12-14(2)3/h8-9,11,14,16,20H,4-7,10,12-13H2,1-3H3. The van der Waals surface area contributed by atoms with Crippen LogP contribution in [0, 0.1) is 11.7 Å². The summed E-state index contributed by atoms with van der Waals surface area (Å²) in [5, 5.41) is 3.37. The molecule has 0 spiro atoms. The van der Waals surface area contributed by atoms with Crippen LogP contribution < -0.4 is 10.2 Å². The maximum Gasteiger partial charge on any atom is 0.146 e. The van der Waals surface area contributed by atoms with Gasteiger partial charge in [0.05, 0.1) is 5.69 Å². The Hall–Kier alpha value is -1.09. The predicted octanol–water partition coefficient (Wildman–Crippen LogP) is 4.34. The van der Waals surface area contributed by atoms with Gasteiger partial charge < -0.3 is 10.2 Å². The fraction of sp³-hybridized carbons (Fsp3) is 0.667. The molecule has 1 unspecified atom stereocenters. The summed E-state index contributed by atoms with van der Waals surface area (Å²) in [5.74, 6) is 0.548. The lowest BCUT2D eigenvalue weighted by atomic mass is 9.99. The van der Waals surface area contributed by atoms with E-state index in [1.807, 2.05) is 6.07 Å². The summed E-state index contributed by atoms with van der Waals surface area (Å²) in [6.45, 7) is 9.25. The predicted molar refractivity (Wildman–Crippen MR) is 88.2 cm³/mol. The molecule has 1 fully saturated rings. The molecule has 1 aromatic rings. The third-order valence-corrected chi connectivity index (χ3v) is 4.30. The van der Waals surface area contributed by atoms with Gasteiger partial charge in [0.25, 0.3) is 0 Å². The van der Waals surface area contributed by atoms with Crippen LogP contribution in [0.25, 0.3) is 0 Å². The quantitative estimate of drug-likeness (QED) is 0.839. The molecule has 1 aliphatic heterocycles. The lowest BCUT2D eigenvalue weighted by molar-refractivity contribution is 0.443. The van der Waals surface area contributed by atoms with Crippen molar-refractivity contribution in [3.8, 4) is 0 Å². The van der Waals surface area contributed by atoms with E-state index < -0.39 is 0 Å². The topological polar surface area (TPSA) is 15.3 Å². The third-order valence-electron chi connectivity index (χ3n) is 4.30. The number of piperidine rings is 1. The van der Waals surface area contributed by atoms with E-state index in [1.165, 1.54) is 19.3 Å². The minimum absolute atomic E-state index is 0.0702. The number of halogens is 1. The van der Waals surface area contributed by atoms with Gasteiger partial charge >= 0.3 is 0 Å². The smallest absolute Gasteiger partial charge is 0.146 e. The molecule has 3 heteroatoms. The Morgan fingerprint density at radius 1 is 1.33 bits per heavy atom. The molecule has 0 saturated carbocycles. The molecular weight excluding hydrogens is 263 g/mol. The van der Waals surface area contributed by atoms with Crippen molar-refractivity contribution >= 4 is 5.69 Å². The van der Waals surface area contributed by atoms with Gasteiger partial charge in [-0.2, -0.15) is 0 Å². The summed E-state index contributed by atoms with van der Waals surface area (Å²) >= 11 is 0. The third kappa shape index (κ3) is 4.44. The molecule has 1 heterocycles. The molecule has 2 rings (SSSR count). The first-order valence-electron chi connectivity index (χ1n) is 8.37. The Balaban J connectivity index is 2.04. The maximum atomic E-state index is 14.5. The Morgan fingerprint density at radius 2 is 2.14 bits per heavy atom. The van der Waals surface area contributed by atoms with E-state index in [0.717, 1.165) is 37.3 Å². The first-order chi connectivity index (χ1) is 10.1.